The maximum Gasteiger partial charge on any atom is 0.282 e. The maximum atomic E-state index is 13.6. The number of morpholine rings is 1. The van der Waals surface area contributed by atoms with E-state index >= 15 is 0 Å². The van der Waals surface area contributed by atoms with Gasteiger partial charge in [0.05, 0.1) is 30.6 Å². The summed E-state index contributed by atoms with van der Waals surface area (Å²) in [5.41, 5.74) is 3.48. The molecule has 0 unspecified atom stereocenters. The lowest BCUT2D eigenvalue weighted by molar-refractivity contribution is -0.120. The molecule has 12 heteroatoms. The average molecular weight is 564 g/mol. The van der Waals surface area contributed by atoms with Gasteiger partial charge in [-0.2, -0.15) is 22.1 Å². The molecule has 0 N–H and O–H groups in total. The summed E-state index contributed by atoms with van der Waals surface area (Å²) in [6.45, 7) is 4.85. The lowest BCUT2D eigenvalue weighted by Gasteiger charge is -2.46. The second kappa shape index (κ2) is 10.2. The van der Waals surface area contributed by atoms with Crippen LogP contribution < -0.4 is 0 Å². The molecule has 6 rings (SSSR count). The summed E-state index contributed by atoms with van der Waals surface area (Å²) in [4.78, 5) is 2.17. The first kappa shape index (κ1) is 26.7. The lowest BCUT2D eigenvalue weighted by Crippen LogP contribution is -2.57. The van der Waals surface area contributed by atoms with E-state index in [1.54, 1.807) is 23.0 Å². The predicted molar refractivity (Wildman–Crippen MR) is 141 cm³/mol. The number of aryl methyl sites for hydroxylation is 1. The summed E-state index contributed by atoms with van der Waals surface area (Å²) in [5.74, 6) is -3.05. The van der Waals surface area contributed by atoms with Crippen LogP contribution in [0.25, 0.3) is 16.6 Å². The van der Waals surface area contributed by atoms with Gasteiger partial charge in [0.15, 0.2) is 0 Å². The van der Waals surface area contributed by atoms with Crippen molar-refractivity contribution in [3.8, 4) is 5.69 Å². The van der Waals surface area contributed by atoms with Gasteiger partial charge >= 0.3 is 0 Å². The molecule has 0 amide bonds. The van der Waals surface area contributed by atoms with Crippen molar-refractivity contribution in [2.45, 2.75) is 31.7 Å². The van der Waals surface area contributed by atoms with Gasteiger partial charge < -0.3 is 4.74 Å². The first-order valence-electron chi connectivity index (χ1n) is 13.3. The van der Waals surface area contributed by atoms with E-state index in [1.165, 1.54) is 20.7 Å². The summed E-state index contributed by atoms with van der Waals surface area (Å²) in [7, 11) is -3.69. The highest BCUT2D eigenvalue weighted by Gasteiger charge is 2.47. The second-order valence-corrected chi connectivity index (χ2v) is 12.7. The molecule has 2 aliphatic heterocycles. The second-order valence-electron chi connectivity index (χ2n) is 10.8. The van der Waals surface area contributed by atoms with E-state index in [0.29, 0.717) is 45.9 Å². The number of fused-ring (bicyclic) bond motifs is 1. The maximum absolute atomic E-state index is 13.6. The van der Waals surface area contributed by atoms with Crippen LogP contribution in [0, 0.1) is 18.7 Å². The Morgan fingerprint density at radius 2 is 1.74 bits per heavy atom. The lowest BCUT2D eigenvalue weighted by atomic mass is 9.80. The van der Waals surface area contributed by atoms with Crippen molar-refractivity contribution in [3.05, 3.63) is 59.5 Å². The van der Waals surface area contributed by atoms with Crippen molar-refractivity contribution >= 4 is 21.1 Å². The number of benzene rings is 2. The van der Waals surface area contributed by atoms with Crippen LogP contribution in [-0.4, -0.2) is 90.1 Å². The molecule has 3 aliphatic rings. The molecule has 3 fully saturated rings. The summed E-state index contributed by atoms with van der Waals surface area (Å²) in [6, 6.07) is 9.84. The van der Waals surface area contributed by atoms with E-state index in [0.717, 1.165) is 27.7 Å². The molecule has 39 heavy (non-hydrogen) atoms. The normalized spacial score (nSPS) is 23.7. The van der Waals surface area contributed by atoms with Crippen LogP contribution in [0.5, 0.6) is 0 Å². The van der Waals surface area contributed by atoms with Gasteiger partial charge in [-0.05, 0) is 60.4 Å². The number of piperazine rings is 1. The third-order valence-corrected chi connectivity index (χ3v) is 10.1. The number of aromatic nitrogens is 2. The number of rotatable bonds is 6. The Kier molecular flexibility index (Phi) is 6.95. The molecule has 8 nitrogen and oxygen atoms in total. The fraction of sp³-hybridized carbons (Fsp3) is 0.519. The van der Waals surface area contributed by atoms with Gasteiger partial charge in [-0.1, -0.05) is 0 Å². The Hall–Kier alpha value is -2.51. The largest absolute Gasteiger partial charge is 0.379 e. The van der Waals surface area contributed by atoms with Gasteiger partial charge in [0, 0.05) is 63.5 Å². The van der Waals surface area contributed by atoms with E-state index in [-0.39, 0.29) is 37.2 Å². The summed E-state index contributed by atoms with van der Waals surface area (Å²) >= 11 is 0. The quantitative estimate of drug-likeness (QED) is 0.457. The molecule has 0 radical (unpaired) electrons. The number of hydrogen-bond donors (Lipinski definition) is 0. The minimum Gasteiger partial charge on any atom is -0.379 e. The van der Waals surface area contributed by atoms with Crippen molar-refractivity contribution < 1.29 is 26.3 Å². The van der Waals surface area contributed by atoms with Crippen LogP contribution in [0.2, 0.25) is 0 Å². The van der Waals surface area contributed by atoms with Crippen molar-refractivity contribution in [2.24, 2.45) is 5.92 Å². The first-order valence-corrected chi connectivity index (χ1v) is 14.7. The Bertz CT molecular complexity index is 1450. The van der Waals surface area contributed by atoms with Gasteiger partial charge in [0.25, 0.3) is 10.2 Å². The number of hydrogen-bond acceptors (Lipinski definition) is 5. The van der Waals surface area contributed by atoms with Crippen LogP contribution in [0.4, 0.5) is 13.2 Å². The average Bonchev–Trinajstić information content (AvgIpc) is 3.31. The van der Waals surface area contributed by atoms with Gasteiger partial charge in [-0.25, -0.2) is 17.9 Å². The van der Waals surface area contributed by atoms with Crippen molar-refractivity contribution in [1.29, 1.82) is 0 Å². The highest BCUT2D eigenvalue weighted by atomic mass is 32.2. The Balaban J connectivity index is 1.33. The van der Waals surface area contributed by atoms with Gasteiger partial charge in [-0.15, -0.1) is 0 Å². The molecular formula is C27H32F3N5O3S. The topological polar surface area (TPSA) is 70.9 Å². The minimum atomic E-state index is -3.69. The molecule has 2 aromatic carbocycles. The summed E-state index contributed by atoms with van der Waals surface area (Å²) in [5, 5.41) is 5.38. The molecule has 3 heterocycles. The Morgan fingerprint density at radius 1 is 1.03 bits per heavy atom. The molecule has 0 spiro atoms. The molecular weight excluding hydrogens is 531 g/mol. The fourth-order valence-corrected chi connectivity index (χ4v) is 7.63. The Labute approximate surface area is 226 Å². The number of ether oxygens (including phenoxy) is 1. The Morgan fingerprint density at radius 3 is 2.44 bits per heavy atom. The highest BCUT2D eigenvalue weighted by Crippen LogP contribution is 2.44. The van der Waals surface area contributed by atoms with Crippen molar-refractivity contribution in [1.82, 2.24) is 23.3 Å². The molecule has 1 saturated carbocycles. The zero-order chi connectivity index (χ0) is 27.4. The molecule has 0 bridgehead atoms. The van der Waals surface area contributed by atoms with E-state index in [9.17, 15) is 21.6 Å². The zero-order valence-corrected chi connectivity index (χ0v) is 22.6. The predicted octanol–water partition coefficient (Wildman–Crippen LogP) is 3.75. The summed E-state index contributed by atoms with van der Waals surface area (Å²) < 4.78 is 77.9. The van der Waals surface area contributed by atoms with E-state index in [1.807, 2.05) is 19.1 Å². The van der Waals surface area contributed by atoms with Crippen LogP contribution in [0.3, 0.4) is 0 Å². The van der Waals surface area contributed by atoms with E-state index in [2.05, 4.69) is 10.00 Å². The van der Waals surface area contributed by atoms with Crippen LogP contribution in [-0.2, 0) is 14.9 Å². The summed E-state index contributed by atoms with van der Waals surface area (Å²) in [6.07, 6.45) is 1.48. The van der Waals surface area contributed by atoms with E-state index in [4.69, 9.17) is 4.74 Å². The van der Waals surface area contributed by atoms with E-state index < -0.39 is 16.1 Å². The third kappa shape index (κ3) is 5.20. The standard InChI is InChI=1S/C27H32F3N5O3S/c1-19-12-25-21(16-31-35(25)23-4-2-22(28)3-5-23)13-24(19)26-18-34(39(36,37)33-8-10-38-11-9-33)7-6-32(26)17-20-14-27(29,30)15-20/h2-5,12-13,16,20,26H,6-11,14-15,17-18H2,1H3/t26-/m0/s1. The number of alkyl halides is 2. The first-order chi connectivity index (χ1) is 18.6. The third-order valence-electron chi connectivity index (χ3n) is 8.13. The molecule has 210 valence electrons. The smallest absolute Gasteiger partial charge is 0.282 e. The molecule has 1 atom stereocenters. The van der Waals surface area contributed by atoms with Gasteiger partial charge in [0.2, 0.25) is 5.92 Å². The van der Waals surface area contributed by atoms with Crippen LogP contribution >= 0.6 is 0 Å². The fourth-order valence-electron chi connectivity index (χ4n) is 6.05. The highest BCUT2D eigenvalue weighted by molar-refractivity contribution is 7.86. The van der Waals surface area contributed by atoms with Crippen LogP contribution in [0.15, 0.2) is 42.6 Å². The van der Waals surface area contributed by atoms with Crippen molar-refractivity contribution in [3.63, 3.8) is 0 Å². The van der Waals surface area contributed by atoms with Crippen LogP contribution in [0.1, 0.15) is 30.0 Å². The number of nitrogens with zero attached hydrogens (tertiary/aromatic N) is 5. The SMILES string of the molecule is Cc1cc2c(cnn2-c2ccc(F)cc2)cc1[C@@H]1CN(S(=O)(=O)N2CCOCC2)CCN1CC1CC(F)(F)C1. The van der Waals surface area contributed by atoms with Gasteiger partial charge in [0.1, 0.15) is 5.82 Å². The number of halogens is 3. The molecule has 3 aromatic rings. The monoisotopic (exact) mass is 563 g/mol. The minimum absolute atomic E-state index is 0.116. The molecule has 2 saturated heterocycles. The molecule has 1 aliphatic carbocycles. The zero-order valence-electron chi connectivity index (χ0n) is 21.8. The van der Waals surface area contributed by atoms with Gasteiger partial charge in [-0.3, -0.25) is 4.90 Å². The molecule has 1 aromatic heterocycles. The van der Waals surface area contributed by atoms with Crippen molar-refractivity contribution in [2.75, 3.05) is 52.5 Å².